The quantitative estimate of drug-likeness (QED) is 0.565. The largest absolute Gasteiger partial charge is 0.459 e. The van der Waals surface area contributed by atoms with Crippen LogP contribution in [0.2, 0.25) is 0 Å². The van der Waals surface area contributed by atoms with Crippen LogP contribution >= 0.6 is 0 Å². The number of ether oxygens (including phenoxy) is 3. The average Bonchev–Trinajstić information content (AvgIpc) is 3.22. The van der Waals surface area contributed by atoms with E-state index in [4.69, 9.17) is 19.9 Å². The highest BCUT2D eigenvalue weighted by molar-refractivity contribution is 5.90. The molecule has 35 heavy (non-hydrogen) atoms. The van der Waals surface area contributed by atoms with E-state index in [-0.39, 0.29) is 24.5 Å². The molecule has 188 valence electrons. The number of primary amides is 1. The van der Waals surface area contributed by atoms with Crippen LogP contribution in [0.15, 0.2) is 48.5 Å². The predicted octanol–water partition coefficient (Wildman–Crippen LogP) is 4.36. The van der Waals surface area contributed by atoms with Gasteiger partial charge in [0.05, 0.1) is 18.1 Å². The number of rotatable bonds is 8. The van der Waals surface area contributed by atoms with Crippen molar-refractivity contribution in [2.75, 3.05) is 31.2 Å². The van der Waals surface area contributed by atoms with Crippen molar-refractivity contribution in [2.45, 2.75) is 63.8 Å². The van der Waals surface area contributed by atoms with Gasteiger partial charge in [-0.25, -0.2) is 4.79 Å². The third-order valence-electron chi connectivity index (χ3n) is 6.90. The number of carbonyl (C=O) groups is 2. The van der Waals surface area contributed by atoms with Crippen LogP contribution in [0.5, 0.6) is 0 Å². The highest BCUT2D eigenvalue weighted by atomic mass is 16.7. The Labute approximate surface area is 207 Å². The number of piperidine rings is 1. The van der Waals surface area contributed by atoms with Gasteiger partial charge in [0.15, 0.2) is 5.79 Å². The van der Waals surface area contributed by atoms with Gasteiger partial charge in [0, 0.05) is 18.8 Å². The number of carbonyl (C=O) groups excluding carboxylic acids is 2. The first-order valence-corrected chi connectivity index (χ1v) is 12.5. The van der Waals surface area contributed by atoms with Gasteiger partial charge in [-0.1, -0.05) is 37.3 Å². The first kappa shape index (κ1) is 25.2. The van der Waals surface area contributed by atoms with Crippen LogP contribution < -0.4 is 10.6 Å². The van der Waals surface area contributed by atoms with Gasteiger partial charge < -0.3 is 24.8 Å². The predicted molar refractivity (Wildman–Crippen MR) is 134 cm³/mol. The second kappa shape index (κ2) is 10.8. The topological polar surface area (TPSA) is 91.1 Å². The number of nitrogens with zero attached hydrogens (tertiary/aromatic N) is 1. The van der Waals surface area contributed by atoms with E-state index in [0.29, 0.717) is 12.2 Å². The summed E-state index contributed by atoms with van der Waals surface area (Å²) in [5.41, 5.74) is 9.39. The van der Waals surface area contributed by atoms with Crippen LogP contribution in [0.25, 0.3) is 0 Å². The van der Waals surface area contributed by atoms with Gasteiger partial charge in [-0.05, 0) is 68.4 Å². The molecule has 0 aliphatic carbocycles. The minimum Gasteiger partial charge on any atom is -0.459 e. The second-order valence-electron chi connectivity index (χ2n) is 9.95. The molecule has 2 fully saturated rings. The molecule has 2 saturated heterocycles. The number of hydrogen-bond donors (Lipinski definition) is 1. The Bertz CT molecular complexity index is 1030. The number of anilines is 1. The molecule has 3 unspecified atom stereocenters. The molecule has 7 heteroatoms. The zero-order chi connectivity index (χ0) is 25.0. The second-order valence-corrected chi connectivity index (χ2v) is 9.95. The maximum absolute atomic E-state index is 12.6. The molecule has 0 radical (unpaired) electrons. The zero-order valence-electron chi connectivity index (χ0n) is 20.9. The summed E-state index contributed by atoms with van der Waals surface area (Å²) in [7, 11) is 0. The summed E-state index contributed by atoms with van der Waals surface area (Å²) < 4.78 is 16.6. The van der Waals surface area contributed by atoms with Gasteiger partial charge in [-0.15, -0.1) is 0 Å². The summed E-state index contributed by atoms with van der Waals surface area (Å²) in [4.78, 5) is 27.6. The van der Waals surface area contributed by atoms with E-state index in [0.717, 1.165) is 24.2 Å². The number of benzene rings is 2. The lowest BCUT2D eigenvalue weighted by molar-refractivity contribution is -0.142. The summed E-state index contributed by atoms with van der Waals surface area (Å²) in [6, 6.07) is 15.2. The lowest BCUT2D eigenvalue weighted by atomic mass is 9.81. The molecule has 2 aromatic carbocycles. The van der Waals surface area contributed by atoms with Crippen molar-refractivity contribution in [2.24, 2.45) is 5.73 Å². The van der Waals surface area contributed by atoms with E-state index >= 15 is 0 Å². The van der Waals surface area contributed by atoms with Gasteiger partial charge in [0.1, 0.15) is 12.7 Å². The Kier molecular flexibility index (Phi) is 7.77. The molecule has 2 aliphatic rings. The molecule has 0 saturated carbocycles. The molecule has 2 N–H and O–H groups in total. The maximum atomic E-state index is 12.6. The number of para-hydroxylation sites is 1. The lowest BCUT2D eigenvalue weighted by Crippen LogP contribution is -2.32. The van der Waals surface area contributed by atoms with Crippen molar-refractivity contribution in [1.29, 1.82) is 0 Å². The first-order valence-electron chi connectivity index (χ1n) is 12.5. The van der Waals surface area contributed by atoms with E-state index < -0.39 is 17.7 Å². The van der Waals surface area contributed by atoms with Crippen molar-refractivity contribution < 1.29 is 23.8 Å². The van der Waals surface area contributed by atoms with Crippen LogP contribution in [0.4, 0.5) is 5.69 Å². The molecule has 2 heterocycles. The molecular formula is C28H36N2O5. The minimum absolute atomic E-state index is 0.119. The molecule has 0 aromatic heterocycles. The van der Waals surface area contributed by atoms with E-state index in [1.807, 2.05) is 32.9 Å². The van der Waals surface area contributed by atoms with Crippen LogP contribution in [-0.2, 0) is 19.0 Å². The Morgan fingerprint density at radius 1 is 1.09 bits per heavy atom. The highest BCUT2D eigenvalue weighted by Crippen LogP contribution is 2.38. The number of nitrogens with two attached hydrogens (primary N) is 1. The highest BCUT2D eigenvalue weighted by Gasteiger charge is 2.33. The summed E-state index contributed by atoms with van der Waals surface area (Å²) in [6.45, 7) is 8.26. The Morgan fingerprint density at radius 2 is 1.77 bits per heavy atom. The third-order valence-corrected chi connectivity index (χ3v) is 6.90. The zero-order valence-corrected chi connectivity index (χ0v) is 20.9. The van der Waals surface area contributed by atoms with Gasteiger partial charge in [-0.2, -0.15) is 0 Å². The fourth-order valence-corrected chi connectivity index (χ4v) is 5.10. The van der Waals surface area contributed by atoms with E-state index in [9.17, 15) is 9.59 Å². The smallest absolute Gasteiger partial charge is 0.338 e. The summed E-state index contributed by atoms with van der Waals surface area (Å²) >= 11 is 0. The molecular weight excluding hydrogens is 444 g/mol. The van der Waals surface area contributed by atoms with Crippen LogP contribution in [-0.4, -0.2) is 50.1 Å². The normalized spacial score (nSPS) is 21.3. The summed E-state index contributed by atoms with van der Waals surface area (Å²) in [5, 5.41) is 0. The first-order chi connectivity index (χ1) is 16.7. The molecule has 2 aromatic rings. The fourth-order valence-electron chi connectivity index (χ4n) is 5.10. The maximum Gasteiger partial charge on any atom is 0.338 e. The van der Waals surface area contributed by atoms with Crippen LogP contribution in [0, 0.1) is 0 Å². The van der Waals surface area contributed by atoms with Gasteiger partial charge in [0.25, 0.3) is 0 Å². The standard InChI is InChI=1S/C28H36N2O5/c1-19(23-9-5-6-10-24(23)30-15-7-4-8-16-30)25(26(29)31)20-11-13-21(14-12-20)27(32)33-17-22-18-34-28(2,3)35-22/h5-6,9-14,19,22,25H,4,7-8,15-18H2,1-3H3,(H2,29,31). The van der Waals surface area contributed by atoms with Crippen molar-refractivity contribution >= 4 is 17.6 Å². The van der Waals surface area contributed by atoms with E-state index in [1.165, 1.54) is 24.9 Å². The van der Waals surface area contributed by atoms with Crippen molar-refractivity contribution in [1.82, 2.24) is 0 Å². The number of amides is 1. The molecule has 2 aliphatic heterocycles. The monoisotopic (exact) mass is 480 g/mol. The van der Waals surface area contributed by atoms with Gasteiger partial charge in [-0.3, -0.25) is 4.79 Å². The van der Waals surface area contributed by atoms with Crippen molar-refractivity contribution in [3.8, 4) is 0 Å². The van der Waals surface area contributed by atoms with Crippen molar-refractivity contribution in [3.05, 3.63) is 65.2 Å². The summed E-state index contributed by atoms with van der Waals surface area (Å²) in [5.74, 6) is -2.12. The minimum atomic E-state index is -0.661. The number of hydrogen-bond acceptors (Lipinski definition) is 6. The molecule has 7 nitrogen and oxygen atoms in total. The van der Waals surface area contributed by atoms with E-state index in [2.05, 4.69) is 17.0 Å². The molecule has 0 bridgehead atoms. The van der Waals surface area contributed by atoms with Gasteiger partial charge in [0.2, 0.25) is 5.91 Å². The summed E-state index contributed by atoms with van der Waals surface area (Å²) in [6.07, 6.45) is 3.33. The molecule has 0 spiro atoms. The van der Waals surface area contributed by atoms with E-state index in [1.54, 1.807) is 24.3 Å². The van der Waals surface area contributed by atoms with Crippen molar-refractivity contribution in [3.63, 3.8) is 0 Å². The molecule has 4 rings (SSSR count). The third kappa shape index (κ3) is 6.03. The lowest BCUT2D eigenvalue weighted by Gasteiger charge is -2.33. The molecule has 3 atom stereocenters. The molecule has 1 amide bonds. The average molecular weight is 481 g/mol. The Balaban J connectivity index is 1.47. The van der Waals surface area contributed by atoms with Gasteiger partial charge >= 0.3 is 5.97 Å². The van der Waals surface area contributed by atoms with Crippen LogP contribution in [0.1, 0.15) is 73.4 Å². The fraction of sp³-hybridized carbons (Fsp3) is 0.500. The SMILES string of the molecule is CC(c1ccccc1N1CCCCC1)C(C(N)=O)c1ccc(C(=O)OCC2COC(C)(C)O2)cc1. The Morgan fingerprint density at radius 3 is 2.40 bits per heavy atom. The Hall–Kier alpha value is -2.90. The number of esters is 1. The van der Waals surface area contributed by atoms with Crippen LogP contribution in [0.3, 0.4) is 0 Å².